The van der Waals surface area contributed by atoms with E-state index in [1.54, 1.807) is 41.3 Å². The second-order valence-electron chi connectivity index (χ2n) is 9.02. The van der Waals surface area contributed by atoms with Gasteiger partial charge in [0.25, 0.3) is 0 Å². The van der Waals surface area contributed by atoms with Crippen LogP contribution in [0.4, 0.5) is 14.5 Å². The van der Waals surface area contributed by atoms with Crippen LogP contribution in [0.25, 0.3) is 11.1 Å². The molecule has 4 aromatic rings. The van der Waals surface area contributed by atoms with Crippen LogP contribution in [0.15, 0.2) is 97.1 Å². The molecule has 36 heavy (non-hydrogen) atoms. The van der Waals surface area contributed by atoms with Gasteiger partial charge in [-0.2, -0.15) is 0 Å². The molecule has 0 bridgehead atoms. The smallest absolute Gasteiger partial charge is 0.233 e. The third-order valence-corrected chi connectivity index (χ3v) is 6.79. The fourth-order valence-electron chi connectivity index (χ4n) is 4.87. The van der Waals surface area contributed by atoms with Gasteiger partial charge in [-0.05, 0) is 72.0 Å². The highest BCUT2D eigenvalue weighted by Gasteiger charge is 2.48. The fourth-order valence-corrected chi connectivity index (χ4v) is 4.87. The van der Waals surface area contributed by atoms with Gasteiger partial charge in [0.05, 0.1) is 18.1 Å². The predicted molar refractivity (Wildman–Crippen MR) is 134 cm³/mol. The van der Waals surface area contributed by atoms with Gasteiger partial charge in [0.1, 0.15) is 17.4 Å². The van der Waals surface area contributed by atoms with Gasteiger partial charge in [-0.25, -0.2) is 8.78 Å². The van der Waals surface area contributed by atoms with Crippen molar-refractivity contribution in [3.8, 4) is 16.9 Å². The average molecular weight is 486 g/mol. The number of hydrogen-bond acceptors (Lipinski definition) is 3. The molecule has 0 aromatic heterocycles. The predicted octanol–water partition coefficient (Wildman–Crippen LogP) is 6.56. The van der Waals surface area contributed by atoms with Crippen LogP contribution in [0, 0.1) is 17.6 Å². The minimum Gasteiger partial charge on any atom is -0.507 e. The normalized spacial score (nSPS) is 18.1. The lowest BCUT2D eigenvalue weighted by Gasteiger charge is -2.48. The Morgan fingerprint density at radius 2 is 1.42 bits per heavy atom. The molecule has 1 fully saturated rings. The van der Waals surface area contributed by atoms with Gasteiger partial charge in [0.2, 0.25) is 5.91 Å². The summed E-state index contributed by atoms with van der Waals surface area (Å²) in [6, 6.07) is 26.0. The molecule has 1 saturated heterocycles. The molecular weight excluding hydrogens is 460 g/mol. The van der Waals surface area contributed by atoms with Gasteiger partial charge < -0.3 is 15.1 Å². The third-order valence-electron chi connectivity index (χ3n) is 6.79. The van der Waals surface area contributed by atoms with E-state index in [-0.39, 0.29) is 35.3 Å². The van der Waals surface area contributed by atoms with Crippen LogP contribution >= 0.6 is 0 Å². The van der Waals surface area contributed by atoms with E-state index in [0.717, 1.165) is 11.1 Å². The van der Waals surface area contributed by atoms with Crippen molar-refractivity contribution in [2.24, 2.45) is 5.92 Å². The number of para-hydroxylation sites is 1. The first kappa shape index (κ1) is 23.7. The lowest BCUT2D eigenvalue weighted by atomic mass is 9.78. The summed E-state index contributed by atoms with van der Waals surface area (Å²) in [5.41, 5.74) is 3.66. The van der Waals surface area contributed by atoms with E-state index in [1.165, 1.54) is 24.3 Å². The van der Waals surface area contributed by atoms with Gasteiger partial charge in [-0.3, -0.25) is 4.79 Å². The summed E-state index contributed by atoms with van der Waals surface area (Å²) in [5, 5.41) is 20.8. The van der Waals surface area contributed by atoms with Crippen LogP contribution in [0.5, 0.6) is 5.75 Å². The molecule has 1 heterocycles. The number of aliphatic hydroxyl groups is 1. The van der Waals surface area contributed by atoms with Crippen LogP contribution in [0.2, 0.25) is 0 Å². The molecule has 3 unspecified atom stereocenters. The van der Waals surface area contributed by atoms with Crippen LogP contribution in [-0.2, 0) is 4.79 Å². The first-order chi connectivity index (χ1) is 17.4. The third kappa shape index (κ3) is 4.60. The Bertz CT molecular complexity index is 1350. The second kappa shape index (κ2) is 9.91. The van der Waals surface area contributed by atoms with E-state index in [2.05, 4.69) is 0 Å². The van der Waals surface area contributed by atoms with Crippen molar-refractivity contribution >= 4 is 11.6 Å². The average Bonchev–Trinajstić information content (AvgIpc) is 2.89. The molecular formula is C30H25F2NO3. The Kier molecular flexibility index (Phi) is 6.53. The Hall–Kier alpha value is -4.03. The highest BCUT2D eigenvalue weighted by molar-refractivity contribution is 6.03. The van der Waals surface area contributed by atoms with Crippen molar-refractivity contribution in [1.29, 1.82) is 0 Å². The summed E-state index contributed by atoms with van der Waals surface area (Å²) in [7, 11) is 0. The lowest BCUT2D eigenvalue weighted by molar-refractivity contribution is -0.131. The number of phenols is 1. The van der Waals surface area contributed by atoms with Crippen molar-refractivity contribution in [3.05, 3.63) is 120 Å². The fraction of sp³-hybridized carbons (Fsp3) is 0.167. The number of anilines is 1. The topological polar surface area (TPSA) is 60.8 Å². The lowest BCUT2D eigenvalue weighted by Crippen LogP contribution is -2.55. The number of benzene rings is 4. The molecule has 4 aromatic carbocycles. The molecule has 182 valence electrons. The van der Waals surface area contributed by atoms with E-state index in [4.69, 9.17) is 0 Å². The summed E-state index contributed by atoms with van der Waals surface area (Å²) >= 11 is 0. The van der Waals surface area contributed by atoms with E-state index in [1.807, 2.05) is 36.4 Å². The number of β-lactam (4-membered cyclic amide) rings is 1. The number of hydrogen-bond donors (Lipinski definition) is 2. The van der Waals surface area contributed by atoms with Gasteiger partial charge in [-0.1, -0.05) is 54.6 Å². The number of carbonyl (C=O) groups is 1. The Balaban J connectivity index is 1.40. The number of phenolic OH excluding ortho intramolecular Hbond substituents is 1. The summed E-state index contributed by atoms with van der Waals surface area (Å²) in [4.78, 5) is 14.9. The summed E-state index contributed by atoms with van der Waals surface area (Å²) < 4.78 is 26.8. The Labute approximate surface area is 208 Å². The number of halogens is 2. The number of aromatic hydroxyl groups is 1. The molecule has 0 spiro atoms. The van der Waals surface area contributed by atoms with E-state index >= 15 is 0 Å². The molecule has 5 rings (SSSR count). The molecule has 1 amide bonds. The largest absolute Gasteiger partial charge is 0.507 e. The monoisotopic (exact) mass is 485 g/mol. The van der Waals surface area contributed by atoms with Crippen LogP contribution < -0.4 is 4.90 Å². The van der Waals surface area contributed by atoms with E-state index in [9.17, 15) is 23.8 Å². The Morgan fingerprint density at radius 1 is 0.806 bits per heavy atom. The summed E-state index contributed by atoms with van der Waals surface area (Å²) in [6.07, 6.45) is -0.0467. The Morgan fingerprint density at radius 3 is 2.06 bits per heavy atom. The molecule has 1 aliphatic rings. The zero-order valence-corrected chi connectivity index (χ0v) is 19.4. The molecule has 2 N–H and O–H groups in total. The number of amides is 1. The van der Waals surface area contributed by atoms with Gasteiger partial charge in [0.15, 0.2) is 0 Å². The van der Waals surface area contributed by atoms with Crippen molar-refractivity contribution in [1.82, 2.24) is 0 Å². The van der Waals surface area contributed by atoms with Crippen molar-refractivity contribution in [3.63, 3.8) is 0 Å². The first-order valence-corrected chi connectivity index (χ1v) is 11.8. The maximum atomic E-state index is 13.5. The molecule has 1 aliphatic heterocycles. The maximum Gasteiger partial charge on any atom is 0.233 e. The number of aliphatic hydroxyl groups excluding tert-OH is 1. The molecule has 0 saturated carbocycles. The number of carbonyl (C=O) groups excluding carboxylic acids is 1. The standard InChI is InChI=1S/C30H25F2NO3/c31-22-11-9-20(10-12-22)27(34)18-17-26-29(33(30(26)36)24-15-13-23(32)14-16-24)21-7-5-19(6-8-21)25-3-1-2-4-28(25)35/h1-16,26-27,29,34-35H,17-18H2. The molecule has 3 atom stereocenters. The van der Waals surface area contributed by atoms with E-state index in [0.29, 0.717) is 29.7 Å². The van der Waals surface area contributed by atoms with Crippen LogP contribution in [0.1, 0.15) is 36.1 Å². The van der Waals surface area contributed by atoms with Crippen molar-refractivity contribution in [2.45, 2.75) is 25.0 Å². The van der Waals surface area contributed by atoms with Gasteiger partial charge in [0, 0.05) is 11.3 Å². The quantitative estimate of drug-likeness (QED) is 0.292. The minimum atomic E-state index is -0.817. The zero-order valence-electron chi connectivity index (χ0n) is 19.4. The van der Waals surface area contributed by atoms with Crippen LogP contribution in [-0.4, -0.2) is 16.1 Å². The van der Waals surface area contributed by atoms with Crippen LogP contribution in [0.3, 0.4) is 0 Å². The van der Waals surface area contributed by atoms with E-state index < -0.39 is 6.10 Å². The van der Waals surface area contributed by atoms with Crippen molar-refractivity contribution < 1.29 is 23.8 Å². The number of nitrogens with zero attached hydrogens (tertiary/aromatic N) is 1. The maximum absolute atomic E-state index is 13.5. The zero-order chi connectivity index (χ0) is 25.2. The molecule has 4 nitrogen and oxygen atoms in total. The summed E-state index contributed by atoms with van der Waals surface area (Å²) in [5.74, 6) is -1.04. The number of rotatable bonds is 7. The SMILES string of the molecule is O=C1C(CCC(O)c2ccc(F)cc2)C(c2ccc(-c3ccccc3O)cc2)N1c1ccc(F)cc1. The highest BCUT2D eigenvalue weighted by Crippen LogP contribution is 2.46. The highest BCUT2D eigenvalue weighted by atomic mass is 19.1. The molecule has 0 aliphatic carbocycles. The van der Waals surface area contributed by atoms with Crippen molar-refractivity contribution in [2.75, 3.05) is 4.90 Å². The molecule has 0 radical (unpaired) electrons. The minimum absolute atomic E-state index is 0.0947. The first-order valence-electron chi connectivity index (χ1n) is 11.8. The summed E-state index contributed by atoms with van der Waals surface area (Å²) in [6.45, 7) is 0. The van der Waals surface area contributed by atoms with Gasteiger partial charge in [-0.15, -0.1) is 0 Å². The molecule has 6 heteroatoms. The second-order valence-corrected chi connectivity index (χ2v) is 9.02. The van der Waals surface area contributed by atoms with Gasteiger partial charge >= 0.3 is 0 Å².